The zero-order chi connectivity index (χ0) is 21.8. The summed E-state index contributed by atoms with van der Waals surface area (Å²) in [6.45, 7) is 0. The standard InChI is InChI=1S/C27H18N4O/c28-19-9-11-23-17(13-15-5-1-3-7-21(15)30-23)25(19)27(32)26-18-14-16-6-2-4-8-22(16)31-24(18)12-10-20(26)29/h1-14H,28-29H2. The number of pyridine rings is 2. The Bertz CT molecular complexity index is 1600. The fourth-order valence-electron chi connectivity index (χ4n) is 4.36. The highest BCUT2D eigenvalue weighted by atomic mass is 16.1. The first-order valence-corrected chi connectivity index (χ1v) is 10.3. The molecule has 4 N–H and O–H groups in total. The van der Waals surface area contributed by atoms with Crippen molar-refractivity contribution >= 4 is 60.8 Å². The number of nitrogens with two attached hydrogens (primary N) is 2. The molecule has 0 spiro atoms. The molecule has 0 aliphatic carbocycles. The molecule has 4 aromatic carbocycles. The van der Waals surface area contributed by atoms with Crippen LogP contribution in [-0.2, 0) is 0 Å². The molecule has 6 aromatic rings. The predicted octanol–water partition coefficient (Wildman–Crippen LogP) is 5.48. The molecule has 0 saturated heterocycles. The number of carbonyl (C=O) groups is 1. The third-order valence-corrected chi connectivity index (χ3v) is 5.92. The van der Waals surface area contributed by atoms with Crippen LogP contribution in [0.3, 0.4) is 0 Å². The molecule has 5 heteroatoms. The Morgan fingerprint density at radius 3 is 1.47 bits per heavy atom. The van der Waals surface area contributed by atoms with Crippen LogP contribution in [-0.4, -0.2) is 15.8 Å². The maximum atomic E-state index is 14.0. The van der Waals surface area contributed by atoms with E-state index in [0.717, 1.165) is 21.8 Å². The molecule has 0 unspecified atom stereocenters. The van der Waals surface area contributed by atoms with E-state index in [1.165, 1.54) is 0 Å². The molecule has 0 saturated carbocycles. The first-order chi connectivity index (χ1) is 15.6. The van der Waals surface area contributed by atoms with Crippen molar-refractivity contribution in [1.29, 1.82) is 0 Å². The van der Waals surface area contributed by atoms with Gasteiger partial charge in [-0.15, -0.1) is 0 Å². The van der Waals surface area contributed by atoms with Gasteiger partial charge in [0.1, 0.15) is 0 Å². The van der Waals surface area contributed by atoms with E-state index in [2.05, 4.69) is 0 Å². The van der Waals surface area contributed by atoms with Gasteiger partial charge in [0.15, 0.2) is 5.78 Å². The molecule has 0 atom stereocenters. The molecule has 0 amide bonds. The van der Waals surface area contributed by atoms with Crippen LogP contribution in [0, 0.1) is 0 Å². The van der Waals surface area contributed by atoms with Crippen LogP contribution in [0.1, 0.15) is 15.9 Å². The minimum Gasteiger partial charge on any atom is -0.398 e. The Morgan fingerprint density at radius 2 is 1.00 bits per heavy atom. The topological polar surface area (TPSA) is 94.9 Å². The van der Waals surface area contributed by atoms with Crippen LogP contribution in [0.5, 0.6) is 0 Å². The summed E-state index contributed by atoms with van der Waals surface area (Å²) in [4.78, 5) is 23.4. The van der Waals surface area contributed by atoms with Crippen LogP contribution in [0.15, 0.2) is 84.9 Å². The smallest absolute Gasteiger partial charge is 0.198 e. The fraction of sp³-hybridized carbons (Fsp3) is 0. The lowest BCUT2D eigenvalue weighted by atomic mass is 9.92. The van der Waals surface area contributed by atoms with Crippen molar-refractivity contribution < 1.29 is 4.79 Å². The van der Waals surface area contributed by atoms with E-state index in [1.807, 2.05) is 72.8 Å². The molecule has 152 valence electrons. The summed E-state index contributed by atoms with van der Waals surface area (Å²) in [5.41, 5.74) is 17.5. The summed E-state index contributed by atoms with van der Waals surface area (Å²) in [7, 11) is 0. The number of nitrogens with zero attached hydrogens (tertiary/aromatic N) is 2. The van der Waals surface area contributed by atoms with Crippen LogP contribution in [0.4, 0.5) is 11.4 Å². The average molecular weight is 414 g/mol. The van der Waals surface area contributed by atoms with E-state index < -0.39 is 0 Å². The molecule has 0 aliphatic rings. The van der Waals surface area contributed by atoms with Gasteiger partial charge in [-0.25, -0.2) is 9.97 Å². The fourth-order valence-corrected chi connectivity index (χ4v) is 4.36. The Balaban J connectivity index is 1.67. The van der Waals surface area contributed by atoms with Gasteiger partial charge >= 0.3 is 0 Å². The van der Waals surface area contributed by atoms with Crippen molar-refractivity contribution in [3.05, 3.63) is 96.1 Å². The first-order valence-electron chi connectivity index (χ1n) is 10.3. The first kappa shape index (κ1) is 18.3. The number of hydrogen-bond acceptors (Lipinski definition) is 5. The van der Waals surface area contributed by atoms with Crippen molar-refractivity contribution in [1.82, 2.24) is 9.97 Å². The molecule has 0 fully saturated rings. The number of carbonyl (C=O) groups excluding carboxylic acids is 1. The van der Waals surface area contributed by atoms with E-state index in [-0.39, 0.29) is 5.78 Å². The molecule has 0 radical (unpaired) electrons. The predicted molar refractivity (Wildman–Crippen MR) is 131 cm³/mol. The number of para-hydroxylation sites is 2. The van der Waals surface area contributed by atoms with E-state index in [0.29, 0.717) is 44.3 Å². The van der Waals surface area contributed by atoms with Gasteiger partial charge in [-0.05, 0) is 48.5 Å². The summed E-state index contributed by atoms with van der Waals surface area (Å²) in [6.07, 6.45) is 0. The molecule has 5 nitrogen and oxygen atoms in total. The highest BCUT2D eigenvalue weighted by Gasteiger charge is 2.22. The second-order valence-corrected chi connectivity index (χ2v) is 7.88. The van der Waals surface area contributed by atoms with Crippen LogP contribution in [0.2, 0.25) is 0 Å². The van der Waals surface area contributed by atoms with E-state index in [1.54, 1.807) is 12.1 Å². The Kier molecular flexibility index (Phi) is 3.86. The number of benzene rings is 4. The van der Waals surface area contributed by atoms with Gasteiger partial charge in [-0.2, -0.15) is 0 Å². The zero-order valence-corrected chi connectivity index (χ0v) is 17.0. The second kappa shape index (κ2) is 6.75. The number of anilines is 2. The van der Waals surface area contributed by atoms with Crippen LogP contribution >= 0.6 is 0 Å². The normalized spacial score (nSPS) is 11.5. The lowest BCUT2D eigenvalue weighted by Crippen LogP contribution is -2.10. The summed E-state index contributed by atoms with van der Waals surface area (Å²) in [6, 6.07) is 26.7. The maximum absolute atomic E-state index is 14.0. The Morgan fingerprint density at radius 1 is 0.562 bits per heavy atom. The van der Waals surface area contributed by atoms with Crippen molar-refractivity contribution in [3.63, 3.8) is 0 Å². The van der Waals surface area contributed by atoms with Crippen molar-refractivity contribution in [3.8, 4) is 0 Å². The lowest BCUT2D eigenvalue weighted by molar-refractivity contribution is 0.104. The summed E-state index contributed by atoms with van der Waals surface area (Å²) >= 11 is 0. The van der Waals surface area contributed by atoms with Gasteiger partial charge < -0.3 is 11.5 Å². The highest BCUT2D eigenvalue weighted by molar-refractivity contribution is 6.26. The van der Waals surface area contributed by atoms with Crippen LogP contribution in [0.25, 0.3) is 43.6 Å². The third-order valence-electron chi connectivity index (χ3n) is 5.92. The minimum absolute atomic E-state index is 0.231. The molecule has 6 rings (SSSR count). The number of ketones is 1. The second-order valence-electron chi connectivity index (χ2n) is 7.88. The van der Waals surface area contributed by atoms with E-state index in [4.69, 9.17) is 21.4 Å². The summed E-state index contributed by atoms with van der Waals surface area (Å²) < 4.78 is 0. The van der Waals surface area contributed by atoms with Gasteiger partial charge in [-0.1, -0.05) is 36.4 Å². The molecular weight excluding hydrogens is 396 g/mol. The SMILES string of the molecule is Nc1ccc2nc3ccccc3cc2c1C(=O)c1c(N)ccc2nc3ccccc3cc12. The van der Waals surface area contributed by atoms with Crippen molar-refractivity contribution in [2.24, 2.45) is 0 Å². The van der Waals surface area contributed by atoms with E-state index >= 15 is 0 Å². The third kappa shape index (κ3) is 2.68. The van der Waals surface area contributed by atoms with Crippen molar-refractivity contribution in [2.45, 2.75) is 0 Å². The monoisotopic (exact) mass is 414 g/mol. The Labute approximate surface area is 183 Å². The zero-order valence-electron chi connectivity index (χ0n) is 17.0. The molecular formula is C27H18N4O. The molecule has 2 heterocycles. The number of nitrogen functional groups attached to an aromatic ring is 2. The number of fused-ring (bicyclic) bond motifs is 4. The average Bonchev–Trinajstić information content (AvgIpc) is 2.81. The van der Waals surface area contributed by atoms with Gasteiger partial charge in [0.05, 0.1) is 33.2 Å². The minimum atomic E-state index is -0.231. The summed E-state index contributed by atoms with van der Waals surface area (Å²) in [5, 5.41) is 3.30. The molecule has 2 aromatic heterocycles. The Hall–Kier alpha value is -4.51. The van der Waals surface area contributed by atoms with E-state index in [9.17, 15) is 4.79 Å². The maximum Gasteiger partial charge on any atom is 0.198 e. The van der Waals surface area contributed by atoms with Gasteiger partial charge in [0, 0.05) is 32.9 Å². The number of hydrogen-bond donors (Lipinski definition) is 2. The largest absolute Gasteiger partial charge is 0.398 e. The molecule has 0 bridgehead atoms. The lowest BCUT2D eigenvalue weighted by Gasteiger charge is -2.14. The number of rotatable bonds is 2. The number of aromatic nitrogens is 2. The van der Waals surface area contributed by atoms with Gasteiger partial charge in [-0.3, -0.25) is 4.79 Å². The van der Waals surface area contributed by atoms with Gasteiger partial charge in [0.2, 0.25) is 0 Å². The summed E-state index contributed by atoms with van der Waals surface area (Å²) in [5.74, 6) is -0.231. The molecule has 32 heavy (non-hydrogen) atoms. The highest BCUT2D eigenvalue weighted by Crippen LogP contribution is 2.33. The quantitative estimate of drug-likeness (QED) is 0.222. The van der Waals surface area contributed by atoms with Crippen molar-refractivity contribution in [2.75, 3.05) is 11.5 Å². The van der Waals surface area contributed by atoms with Gasteiger partial charge in [0.25, 0.3) is 0 Å². The molecule has 0 aliphatic heterocycles. The van der Waals surface area contributed by atoms with Crippen LogP contribution < -0.4 is 11.5 Å².